The molecule has 6 nitrogen and oxygen atoms in total. The van der Waals surface area contributed by atoms with E-state index in [1.807, 2.05) is 13.0 Å². The van der Waals surface area contributed by atoms with E-state index in [2.05, 4.69) is 20.1 Å². The van der Waals surface area contributed by atoms with Gasteiger partial charge in [-0.15, -0.1) is 0 Å². The third-order valence-electron chi connectivity index (χ3n) is 2.84. The number of H-pyrrole nitrogens is 1. The minimum Gasteiger partial charge on any atom is -0.383 e. The summed E-state index contributed by atoms with van der Waals surface area (Å²) in [5.74, 6) is 1.29. The van der Waals surface area contributed by atoms with E-state index < -0.39 is 0 Å². The summed E-state index contributed by atoms with van der Waals surface area (Å²) in [5.41, 5.74) is 9.45. The number of fused-ring (bicyclic) bond motifs is 1. The maximum Gasteiger partial charge on any atom is 0.178 e. The highest BCUT2D eigenvalue weighted by Crippen LogP contribution is 2.25. The normalized spacial score (nSPS) is 11.2. The molecule has 0 aromatic carbocycles. The van der Waals surface area contributed by atoms with E-state index in [-0.39, 0.29) is 0 Å². The molecule has 3 aromatic rings. The first-order chi connectivity index (χ1) is 8.16. The molecule has 0 aliphatic carbocycles. The van der Waals surface area contributed by atoms with Gasteiger partial charge in [0.25, 0.3) is 0 Å². The molecule has 3 N–H and O–H groups in total. The van der Waals surface area contributed by atoms with E-state index in [1.54, 1.807) is 24.1 Å². The topological polar surface area (TPSA) is 85.4 Å². The zero-order valence-corrected chi connectivity index (χ0v) is 9.60. The number of imidazole rings is 1. The zero-order valence-electron chi connectivity index (χ0n) is 9.60. The Bertz CT molecular complexity index is 693. The minimum atomic E-state index is 0.585. The highest BCUT2D eigenvalue weighted by molar-refractivity contribution is 5.80. The standard InChI is InChI=1S/C11H12N6/c1-6-3-4-13-11-8(6)15-10(16-11)7-5-14-17(2)9(7)12/h3-5H,12H2,1-2H3,(H,13,15,16). The first-order valence-corrected chi connectivity index (χ1v) is 5.26. The van der Waals surface area contributed by atoms with Crippen LogP contribution in [0.3, 0.4) is 0 Å². The fourth-order valence-electron chi connectivity index (χ4n) is 1.79. The number of hydrogen-bond acceptors (Lipinski definition) is 4. The van der Waals surface area contributed by atoms with Crippen molar-refractivity contribution in [2.75, 3.05) is 5.73 Å². The van der Waals surface area contributed by atoms with Crippen LogP contribution in [-0.2, 0) is 7.05 Å². The smallest absolute Gasteiger partial charge is 0.178 e. The maximum atomic E-state index is 5.91. The van der Waals surface area contributed by atoms with Gasteiger partial charge in [-0.1, -0.05) is 0 Å². The van der Waals surface area contributed by atoms with Crippen LogP contribution in [0.1, 0.15) is 5.56 Å². The Labute approximate surface area is 97.5 Å². The third-order valence-corrected chi connectivity index (χ3v) is 2.84. The number of rotatable bonds is 1. The quantitative estimate of drug-likeness (QED) is 0.656. The van der Waals surface area contributed by atoms with Crippen molar-refractivity contribution in [3.05, 3.63) is 24.0 Å². The van der Waals surface area contributed by atoms with Gasteiger partial charge in [-0.05, 0) is 18.6 Å². The van der Waals surface area contributed by atoms with Crippen molar-refractivity contribution >= 4 is 17.0 Å². The molecular formula is C11H12N6. The van der Waals surface area contributed by atoms with Gasteiger partial charge in [0.15, 0.2) is 5.65 Å². The molecule has 17 heavy (non-hydrogen) atoms. The Kier molecular flexibility index (Phi) is 1.91. The van der Waals surface area contributed by atoms with Gasteiger partial charge in [-0.3, -0.25) is 4.68 Å². The molecule has 0 amide bonds. The Hall–Kier alpha value is -2.37. The highest BCUT2D eigenvalue weighted by Gasteiger charge is 2.13. The molecular weight excluding hydrogens is 216 g/mol. The molecule has 0 fully saturated rings. The SMILES string of the molecule is Cc1ccnc2nc(-c3cnn(C)c3N)[nH]c12. The predicted molar refractivity (Wildman–Crippen MR) is 65.2 cm³/mol. The number of aromatic amines is 1. The average molecular weight is 228 g/mol. The lowest BCUT2D eigenvalue weighted by molar-refractivity contribution is 0.779. The fraction of sp³-hybridized carbons (Fsp3) is 0.182. The first kappa shape index (κ1) is 9.83. The predicted octanol–water partition coefficient (Wildman–Crippen LogP) is 1.25. The van der Waals surface area contributed by atoms with Gasteiger partial charge < -0.3 is 10.7 Å². The number of anilines is 1. The molecule has 0 saturated heterocycles. The van der Waals surface area contributed by atoms with Gasteiger partial charge in [0.1, 0.15) is 11.6 Å². The van der Waals surface area contributed by atoms with Gasteiger partial charge in [-0.2, -0.15) is 5.10 Å². The average Bonchev–Trinajstić information content (AvgIpc) is 2.85. The fourth-order valence-corrected chi connectivity index (χ4v) is 1.79. The van der Waals surface area contributed by atoms with Crippen LogP contribution in [0.4, 0.5) is 5.82 Å². The van der Waals surface area contributed by atoms with Crippen LogP contribution in [0.25, 0.3) is 22.6 Å². The number of nitrogens with two attached hydrogens (primary N) is 1. The second kappa shape index (κ2) is 3.31. The summed E-state index contributed by atoms with van der Waals surface area (Å²) in [6.07, 6.45) is 3.44. The van der Waals surface area contributed by atoms with Crippen LogP contribution in [0.15, 0.2) is 18.5 Å². The molecule has 0 unspecified atom stereocenters. The molecule has 0 radical (unpaired) electrons. The Balaban J connectivity index is 2.25. The second-order valence-electron chi connectivity index (χ2n) is 3.98. The van der Waals surface area contributed by atoms with Crippen molar-refractivity contribution in [1.29, 1.82) is 0 Å². The summed E-state index contributed by atoms with van der Waals surface area (Å²) in [4.78, 5) is 11.9. The second-order valence-corrected chi connectivity index (χ2v) is 3.98. The number of nitrogens with zero attached hydrogens (tertiary/aromatic N) is 4. The lowest BCUT2D eigenvalue weighted by Gasteiger charge is -1.95. The lowest BCUT2D eigenvalue weighted by Crippen LogP contribution is -1.98. The van der Waals surface area contributed by atoms with Crippen LogP contribution in [0.2, 0.25) is 0 Å². The van der Waals surface area contributed by atoms with E-state index in [4.69, 9.17) is 5.73 Å². The number of nitrogens with one attached hydrogen (secondary N) is 1. The van der Waals surface area contributed by atoms with Crippen LogP contribution in [-0.4, -0.2) is 24.7 Å². The summed E-state index contributed by atoms with van der Waals surface area (Å²) in [6.45, 7) is 2.01. The van der Waals surface area contributed by atoms with E-state index in [0.717, 1.165) is 16.6 Å². The number of nitrogen functional groups attached to an aromatic ring is 1. The Morgan fingerprint density at radius 1 is 1.41 bits per heavy atom. The monoisotopic (exact) mass is 228 g/mol. The maximum absolute atomic E-state index is 5.91. The molecule has 0 atom stereocenters. The minimum absolute atomic E-state index is 0.585. The third kappa shape index (κ3) is 1.37. The van der Waals surface area contributed by atoms with E-state index in [0.29, 0.717) is 17.3 Å². The Morgan fingerprint density at radius 3 is 2.88 bits per heavy atom. The highest BCUT2D eigenvalue weighted by atomic mass is 15.3. The summed E-state index contributed by atoms with van der Waals surface area (Å²) in [6, 6.07) is 1.94. The number of pyridine rings is 1. The van der Waals surface area contributed by atoms with Gasteiger partial charge in [0.2, 0.25) is 0 Å². The molecule has 3 heterocycles. The molecule has 86 valence electrons. The number of aromatic nitrogens is 5. The van der Waals surface area contributed by atoms with Crippen LogP contribution >= 0.6 is 0 Å². The van der Waals surface area contributed by atoms with E-state index >= 15 is 0 Å². The van der Waals surface area contributed by atoms with Crippen molar-refractivity contribution in [3.8, 4) is 11.4 Å². The zero-order chi connectivity index (χ0) is 12.0. The van der Waals surface area contributed by atoms with Crippen molar-refractivity contribution in [1.82, 2.24) is 24.7 Å². The molecule has 6 heteroatoms. The van der Waals surface area contributed by atoms with Crippen molar-refractivity contribution in [2.45, 2.75) is 6.92 Å². The molecule has 0 spiro atoms. The van der Waals surface area contributed by atoms with Gasteiger partial charge >= 0.3 is 0 Å². The van der Waals surface area contributed by atoms with E-state index in [1.165, 1.54) is 0 Å². The summed E-state index contributed by atoms with van der Waals surface area (Å²) in [5, 5.41) is 4.10. The molecule has 0 bridgehead atoms. The van der Waals surface area contributed by atoms with Crippen LogP contribution < -0.4 is 5.73 Å². The van der Waals surface area contributed by atoms with Gasteiger partial charge in [0.05, 0.1) is 17.3 Å². The van der Waals surface area contributed by atoms with Crippen molar-refractivity contribution in [2.24, 2.45) is 7.05 Å². The molecule has 3 rings (SSSR count). The molecule has 3 aromatic heterocycles. The summed E-state index contributed by atoms with van der Waals surface area (Å²) in [7, 11) is 1.80. The summed E-state index contributed by atoms with van der Waals surface area (Å²) >= 11 is 0. The molecule has 0 aliphatic rings. The van der Waals surface area contributed by atoms with Crippen molar-refractivity contribution in [3.63, 3.8) is 0 Å². The van der Waals surface area contributed by atoms with Gasteiger partial charge in [0, 0.05) is 13.2 Å². The number of hydrogen-bond donors (Lipinski definition) is 2. The van der Waals surface area contributed by atoms with Gasteiger partial charge in [-0.25, -0.2) is 9.97 Å². The summed E-state index contributed by atoms with van der Waals surface area (Å²) < 4.78 is 1.61. The van der Waals surface area contributed by atoms with Crippen molar-refractivity contribution < 1.29 is 0 Å². The Morgan fingerprint density at radius 2 is 2.24 bits per heavy atom. The van der Waals surface area contributed by atoms with Crippen LogP contribution in [0.5, 0.6) is 0 Å². The molecule has 0 saturated carbocycles. The molecule has 0 aliphatic heterocycles. The first-order valence-electron chi connectivity index (χ1n) is 5.26. The number of aryl methyl sites for hydroxylation is 2. The largest absolute Gasteiger partial charge is 0.383 e. The lowest BCUT2D eigenvalue weighted by atomic mass is 10.3. The van der Waals surface area contributed by atoms with E-state index in [9.17, 15) is 0 Å². The van der Waals surface area contributed by atoms with Crippen LogP contribution in [0, 0.1) is 6.92 Å².